The number of hydrogen-bond donors (Lipinski definition) is 0. The van der Waals surface area contributed by atoms with Crippen LogP contribution in [0.2, 0.25) is 0 Å². The van der Waals surface area contributed by atoms with E-state index in [2.05, 4.69) is 42.2 Å². The number of piperidine rings is 2. The average molecular weight is 407 g/mol. The fraction of sp³-hybridized carbons (Fsp3) is 0.423. The number of carbonyl (C=O) groups excluding carboxylic acids is 1. The number of nitrogens with zero attached hydrogens (tertiary/aromatic N) is 2. The molecule has 4 heteroatoms. The van der Waals surface area contributed by atoms with E-state index in [0.29, 0.717) is 36.9 Å². The molecule has 2 fully saturated rings. The second kappa shape index (κ2) is 9.57. The lowest BCUT2D eigenvalue weighted by molar-refractivity contribution is -0.140. The van der Waals surface area contributed by atoms with Crippen molar-refractivity contribution < 1.29 is 9.18 Å². The third kappa shape index (κ3) is 4.99. The monoisotopic (exact) mass is 406 g/mol. The first-order chi connectivity index (χ1) is 14.6. The zero-order valence-electron chi connectivity index (χ0n) is 17.8. The first-order valence-electron chi connectivity index (χ1n) is 11.1. The van der Waals surface area contributed by atoms with Gasteiger partial charge in [-0.05, 0) is 49.3 Å². The molecule has 0 N–H and O–H groups in total. The highest BCUT2D eigenvalue weighted by Crippen LogP contribution is 2.32. The molecular formula is C26H31FN2O. The quantitative estimate of drug-likeness (QED) is 0.689. The first-order valence-corrected chi connectivity index (χ1v) is 11.1. The summed E-state index contributed by atoms with van der Waals surface area (Å²) in [5, 5.41) is 0. The molecular weight excluding hydrogens is 375 g/mol. The van der Waals surface area contributed by atoms with Crippen LogP contribution in [-0.4, -0.2) is 47.9 Å². The Kier molecular flexibility index (Phi) is 6.63. The van der Waals surface area contributed by atoms with Crippen LogP contribution in [0.3, 0.4) is 0 Å². The van der Waals surface area contributed by atoms with Gasteiger partial charge in [-0.3, -0.25) is 9.69 Å². The van der Waals surface area contributed by atoms with Gasteiger partial charge in [0.25, 0.3) is 0 Å². The summed E-state index contributed by atoms with van der Waals surface area (Å²) in [5.41, 5.74) is 3.31. The number of likely N-dealkylation sites (tertiary alicyclic amines) is 2. The third-order valence-electron chi connectivity index (χ3n) is 6.49. The molecule has 2 saturated heterocycles. The molecule has 2 aliphatic rings. The van der Waals surface area contributed by atoms with Crippen LogP contribution in [0.5, 0.6) is 0 Å². The van der Waals surface area contributed by atoms with Gasteiger partial charge >= 0.3 is 0 Å². The number of benzene rings is 2. The summed E-state index contributed by atoms with van der Waals surface area (Å²) >= 11 is 0. The number of fused-ring (bicyclic) bond motifs is 1. The maximum atomic E-state index is 14.0. The van der Waals surface area contributed by atoms with E-state index in [1.165, 1.54) is 17.2 Å². The Hall–Kier alpha value is -2.46. The predicted molar refractivity (Wildman–Crippen MR) is 119 cm³/mol. The lowest BCUT2D eigenvalue weighted by atomic mass is 9.83. The number of carbonyl (C=O) groups is 1. The summed E-state index contributed by atoms with van der Waals surface area (Å²) < 4.78 is 14.0. The van der Waals surface area contributed by atoms with Crippen molar-refractivity contribution in [3.63, 3.8) is 0 Å². The van der Waals surface area contributed by atoms with Crippen molar-refractivity contribution in [3.8, 4) is 0 Å². The van der Waals surface area contributed by atoms with Gasteiger partial charge in [-0.25, -0.2) is 4.39 Å². The van der Waals surface area contributed by atoms with E-state index in [1.54, 1.807) is 6.07 Å². The Morgan fingerprint density at radius 3 is 2.67 bits per heavy atom. The molecule has 0 spiro atoms. The molecule has 1 amide bonds. The van der Waals surface area contributed by atoms with Gasteiger partial charge in [0.1, 0.15) is 5.82 Å². The van der Waals surface area contributed by atoms with E-state index in [-0.39, 0.29) is 11.7 Å². The van der Waals surface area contributed by atoms with Crippen molar-refractivity contribution in [1.82, 2.24) is 9.80 Å². The smallest absolute Gasteiger partial charge is 0.222 e. The first kappa shape index (κ1) is 20.8. The van der Waals surface area contributed by atoms with E-state index in [0.717, 1.165) is 32.5 Å². The van der Waals surface area contributed by atoms with Crippen molar-refractivity contribution in [2.24, 2.45) is 5.92 Å². The van der Waals surface area contributed by atoms with Gasteiger partial charge in [0.15, 0.2) is 0 Å². The van der Waals surface area contributed by atoms with Crippen LogP contribution in [0.4, 0.5) is 4.39 Å². The molecule has 2 heterocycles. The van der Waals surface area contributed by atoms with Gasteiger partial charge in [-0.2, -0.15) is 0 Å². The van der Waals surface area contributed by atoms with Crippen LogP contribution in [0.25, 0.3) is 6.08 Å². The zero-order chi connectivity index (χ0) is 20.9. The Bertz CT molecular complexity index is 895. The maximum absolute atomic E-state index is 14.0. The van der Waals surface area contributed by atoms with Crippen LogP contribution in [0.15, 0.2) is 60.2 Å². The molecule has 3 nitrogen and oxygen atoms in total. The number of hydrogen-bond acceptors (Lipinski definition) is 2. The van der Waals surface area contributed by atoms with E-state index >= 15 is 0 Å². The molecule has 0 unspecified atom stereocenters. The molecule has 2 aliphatic heterocycles. The van der Waals surface area contributed by atoms with Crippen molar-refractivity contribution in [3.05, 3.63) is 77.1 Å². The van der Waals surface area contributed by atoms with E-state index in [9.17, 15) is 9.18 Å². The molecule has 0 saturated carbocycles. The molecule has 2 aromatic rings. The Morgan fingerprint density at radius 1 is 1.10 bits per heavy atom. The number of amides is 1. The van der Waals surface area contributed by atoms with Crippen molar-refractivity contribution in [2.45, 2.75) is 38.6 Å². The second-order valence-electron chi connectivity index (χ2n) is 8.72. The van der Waals surface area contributed by atoms with Crippen LogP contribution in [0, 0.1) is 11.7 Å². The zero-order valence-corrected chi connectivity index (χ0v) is 17.8. The average Bonchev–Trinajstić information content (AvgIpc) is 2.75. The third-order valence-corrected chi connectivity index (χ3v) is 6.49. The summed E-state index contributed by atoms with van der Waals surface area (Å²) in [6.07, 6.45) is 5.44. The molecule has 0 aliphatic carbocycles. The lowest BCUT2D eigenvalue weighted by Crippen LogP contribution is -2.56. The normalized spacial score (nSPS) is 22.8. The van der Waals surface area contributed by atoms with E-state index in [1.807, 2.05) is 23.1 Å². The molecule has 0 radical (unpaired) electrons. The molecule has 0 aromatic heterocycles. The number of rotatable bonds is 6. The topological polar surface area (TPSA) is 23.6 Å². The largest absolute Gasteiger partial charge is 0.339 e. The SMILES string of the molecule is CC(=Cc1ccccc1)CN1CC[C@H]2[C@H](CCC(=O)N2CCc2ccccc2F)C1. The minimum atomic E-state index is -0.172. The lowest BCUT2D eigenvalue weighted by Gasteiger charge is -2.47. The Labute approximate surface area is 179 Å². The van der Waals surface area contributed by atoms with Crippen molar-refractivity contribution in [1.29, 1.82) is 0 Å². The van der Waals surface area contributed by atoms with E-state index in [4.69, 9.17) is 0 Å². The van der Waals surface area contributed by atoms with Crippen molar-refractivity contribution in [2.75, 3.05) is 26.2 Å². The molecule has 2 aromatic carbocycles. The van der Waals surface area contributed by atoms with Gasteiger partial charge < -0.3 is 4.90 Å². The Morgan fingerprint density at radius 2 is 1.87 bits per heavy atom. The highest BCUT2D eigenvalue weighted by atomic mass is 19.1. The minimum absolute atomic E-state index is 0.172. The minimum Gasteiger partial charge on any atom is -0.339 e. The van der Waals surface area contributed by atoms with Gasteiger partial charge in [0.2, 0.25) is 5.91 Å². The van der Waals surface area contributed by atoms with Gasteiger partial charge in [0.05, 0.1) is 0 Å². The highest BCUT2D eigenvalue weighted by Gasteiger charge is 2.38. The molecule has 2 atom stereocenters. The fourth-order valence-electron chi connectivity index (χ4n) is 5.03. The molecule has 4 rings (SSSR count). The van der Waals surface area contributed by atoms with E-state index < -0.39 is 0 Å². The van der Waals surface area contributed by atoms with Crippen molar-refractivity contribution >= 4 is 12.0 Å². The van der Waals surface area contributed by atoms with Gasteiger partial charge in [0, 0.05) is 38.6 Å². The molecule has 158 valence electrons. The summed E-state index contributed by atoms with van der Waals surface area (Å²) in [5.74, 6) is 0.580. The number of halogens is 1. The summed E-state index contributed by atoms with van der Waals surface area (Å²) in [4.78, 5) is 17.2. The molecule has 0 bridgehead atoms. The summed E-state index contributed by atoms with van der Waals surface area (Å²) in [6, 6.07) is 17.7. The van der Waals surface area contributed by atoms with Crippen LogP contribution >= 0.6 is 0 Å². The van der Waals surface area contributed by atoms with Gasteiger partial charge in [-0.15, -0.1) is 0 Å². The van der Waals surface area contributed by atoms with Gasteiger partial charge in [-0.1, -0.05) is 60.2 Å². The van der Waals surface area contributed by atoms with Crippen LogP contribution in [-0.2, 0) is 11.2 Å². The highest BCUT2D eigenvalue weighted by molar-refractivity contribution is 5.77. The maximum Gasteiger partial charge on any atom is 0.222 e. The Balaban J connectivity index is 1.36. The predicted octanol–water partition coefficient (Wildman–Crippen LogP) is 4.78. The van der Waals surface area contributed by atoms with Crippen LogP contribution < -0.4 is 0 Å². The fourth-order valence-corrected chi connectivity index (χ4v) is 5.03. The molecule has 30 heavy (non-hydrogen) atoms. The standard InChI is InChI=1S/C26H31FN2O/c1-20(17-21-7-3-2-4-8-21)18-28-15-14-25-23(19-28)11-12-26(30)29(25)16-13-22-9-5-6-10-24(22)27/h2-10,17,23,25H,11-16,18-19H2,1H3/t23-,25+/m1/s1. The summed E-state index contributed by atoms with van der Waals surface area (Å²) in [7, 11) is 0. The van der Waals surface area contributed by atoms with Crippen LogP contribution in [0.1, 0.15) is 37.3 Å². The summed E-state index contributed by atoms with van der Waals surface area (Å²) in [6.45, 7) is 5.83. The second-order valence-corrected chi connectivity index (χ2v) is 8.72.